The van der Waals surface area contributed by atoms with Crippen LogP contribution in [-0.2, 0) is 0 Å². The van der Waals surface area contributed by atoms with Crippen LogP contribution in [0.15, 0.2) is 52.0 Å². The molecule has 0 bridgehead atoms. The Kier molecular flexibility index (Phi) is 5.42. The van der Waals surface area contributed by atoms with Gasteiger partial charge in [0.05, 0.1) is 18.2 Å². The lowest BCUT2D eigenvalue weighted by atomic mass is 10.2. The van der Waals surface area contributed by atoms with Gasteiger partial charge in [0.2, 0.25) is 0 Å². The van der Waals surface area contributed by atoms with Crippen LogP contribution >= 0.6 is 15.9 Å². The molecule has 0 saturated carbocycles. The third-order valence-corrected chi connectivity index (χ3v) is 3.41. The van der Waals surface area contributed by atoms with Gasteiger partial charge in [0, 0.05) is 21.7 Å². The summed E-state index contributed by atoms with van der Waals surface area (Å²) in [7, 11) is 1.36. The Morgan fingerprint density at radius 3 is 2.61 bits per heavy atom. The number of carbonyl (C=O) groups is 1. The zero-order valence-electron chi connectivity index (χ0n) is 12.0. The fraction of sp³-hybridized carbons (Fsp3) is 0.0667. The Hall–Kier alpha value is -2.74. The summed E-state index contributed by atoms with van der Waals surface area (Å²) in [5.74, 6) is -0.220. The molecule has 1 amide bonds. The normalized spacial score (nSPS) is 10.5. The molecule has 0 atom stereocenters. The van der Waals surface area contributed by atoms with E-state index in [0.29, 0.717) is 11.1 Å². The molecule has 2 rings (SSSR count). The Morgan fingerprint density at radius 2 is 2.00 bits per heavy atom. The standard InChI is InChI=1S/C15H12BrN3O4/c1-23-14-7-2-10(8-13(14)19(21)22)9-17-18-15(20)11-3-5-12(16)6-4-11/h2-9H,1H3,(H,18,20)/b17-9-. The number of nitrogens with zero attached hydrogens (tertiary/aromatic N) is 2. The van der Waals surface area contributed by atoms with E-state index in [1.54, 1.807) is 30.3 Å². The topological polar surface area (TPSA) is 93.8 Å². The van der Waals surface area contributed by atoms with Crippen molar-refractivity contribution in [3.05, 3.63) is 68.2 Å². The molecule has 2 aromatic rings. The van der Waals surface area contributed by atoms with Crippen molar-refractivity contribution in [2.24, 2.45) is 5.10 Å². The molecule has 1 N–H and O–H groups in total. The molecule has 118 valence electrons. The van der Waals surface area contributed by atoms with Crippen LogP contribution in [0.3, 0.4) is 0 Å². The number of hydrogen-bond donors (Lipinski definition) is 1. The Morgan fingerprint density at radius 1 is 1.30 bits per heavy atom. The largest absolute Gasteiger partial charge is 0.490 e. The van der Waals surface area contributed by atoms with Crippen molar-refractivity contribution < 1.29 is 14.5 Å². The molecule has 0 aliphatic heterocycles. The molecule has 0 aromatic heterocycles. The van der Waals surface area contributed by atoms with Gasteiger partial charge in [-0.1, -0.05) is 15.9 Å². The zero-order valence-corrected chi connectivity index (χ0v) is 13.6. The minimum atomic E-state index is -0.545. The number of halogens is 1. The van der Waals surface area contributed by atoms with Crippen LogP contribution in [0.25, 0.3) is 0 Å². The van der Waals surface area contributed by atoms with Crippen LogP contribution in [0.5, 0.6) is 5.75 Å². The van der Waals surface area contributed by atoms with E-state index in [1.807, 2.05) is 0 Å². The summed E-state index contributed by atoms with van der Waals surface area (Å²) >= 11 is 3.28. The van der Waals surface area contributed by atoms with E-state index in [0.717, 1.165) is 4.47 Å². The van der Waals surface area contributed by atoms with Crippen LogP contribution < -0.4 is 10.2 Å². The number of hydrogen-bond acceptors (Lipinski definition) is 5. The lowest BCUT2D eigenvalue weighted by molar-refractivity contribution is -0.385. The van der Waals surface area contributed by atoms with Gasteiger partial charge in [-0.2, -0.15) is 5.10 Å². The van der Waals surface area contributed by atoms with Gasteiger partial charge in [0.15, 0.2) is 5.75 Å². The van der Waals surface area contributed by atoms with Gasteiger partial charge in [-0.3, -0.25) is 14.9 Å². The van der Waals surface area contributed by atoms with E-state index in [9.17, 15) is 14.9 Å². The summed E-state index contributed by atoms with van der Waals surface area (Å²) in [6, 6.07) is 11.2. The summed E-state index contributed by atoms with van der Waals surface area (Å²) in [6.45, 7) is 0. The number of nitro groups is 1. The van der Waals surface area contributed by atoms with Gasteiger partial charge in [0.25, 0.3) is 5.91 Å². The van der Waals surface area contributed by atoms with Gasteiger partial charge in [-0.05, 0) is 36.4 Å². The number of methoxy groups -OCH3 is 1. The van der Waals surface area contributed by atoms with Gasteiger partial charge in [-0.15, -0.1) is 0 Å². The third-order valence-electron chi connectivity index (χ3n) is 2.89. The van der Waals surface area contributed by atoms with Gasteiger partial charge >= 0.3 is 5.69 Å². The minimum absolute atomic E-state index is 0.158. The highest BCUT2D eigenvalue weighted by Gasteiger charge is 2.14. The first-order valence-corrected chi connectivity index (χ1v) is 7.22. The average Bonchev–Trinajstić information content (AvgIpc) is 2.55. The first kappa shape index (κ1) is 16.6. The van der Waals surface area contributed by atoms with Crippen LogP contribution in [0.4, 0.5) is 5.69 Å². The second-order valence-electron chi connectivity index (χ2n) is 4.39. The van der Waals surface area contributed by atoms with Crippen molar-refractivity contribution in [3.63, 3.8) is 0 Å². The lowest BCUT2D eigenvalue weighted by Gasteiger charge is -2.02. The van der Waals surface area contributed by atoms with E-state index in [-0.39, 0.29) is 17.3 Å². The van der Waals surface area contributed by atoms with Crippen LogP contribution in [0, 0.1) is 10.1 Å². The monoisotopic (exact) mass is 377 g/mol. The first-order chi connectivity index (χ1) is 11.0. The summed E-state index contributed by atoms with van der Waals surface area (Å²) < 4.78 is 5.78. The molecule has 0 saturated heterocycles. The second-order valence-corrected chi connectivity index (χ2v) is 5.31. The highest BCUT2D eigenvalue weighted by molar-refractivity contribution is 9.10. The Labute approximate surface area is 140 Å². The van der Waals surface area contributed by atoms with Crippen LogP contribution in [-0.4, -0.2) is 24.2 Å². The molecule has 23 heavy (non-hydrogen) atoms. The minimum Gasteiger partial charge on any atom is -0.490 e. The van der Waals surface area contributed by atoms with Crippen molar-refractivity contribution in [2.45, 2.75) is 0 Å². The first-order valence-electron chi connectivity index (χ1n) is 6.42. The number of nitrogens with one attached hydrogen (secondary N) is 1. The highest BCUT2D eigenvalue weighted by Crippen LogP contribution is 2.26. The third kappa shape index (κ3) is 4.36. The van der Waals surface area contributed by atoms with Gasteiger partial charge in [0.1, 0.15) is 0 Å². The van der Waals surface area contributed by atoms with Crippen molar-refractivity contribution >= 4 is 33.7 Å². The maximum absolute atomic E-state index is 11.9. The summed E-state index contributed by atoms with van der Waals surface area (Å²) in [4.78, 5) is 22.2. The summed E-state index contributed by atoms with van der Waals surface area (Å²) in [5.41, 5.74) is 3.10. The maximum Gasteiger partial charge on any atom is 0.311 e. The molecule has 0 aliphatic carbocycles. The van der Waals surface area contributed by atoms with Gasteiger partial charge in [-0.25, -0.2) is 5.43 Å². The van der Waals surface area contributed by atoms with Crippen LogP contribution in [0.1, 0.15) is 15.9 Å². The number of ether oxygens (including phenoxy) is 1. The Bertz CT molecular complexity index is 760. The predicted octanol–water partition coefficient (Wildman–Crippen LogP) is 3.13. The smallest absolute Gasteiger partial charge is 0.311 e. The van der Waals surface area contributed by atoms with Crippen molar-refractivity contribution in [3.8, 4) is 5.75 Å². The lowest BCUT2D eigenvalue weighted by Crippen LogP contribution is -2.17. The SMILES string of the molecule is COc1ccc(/C=N\NC(=O)c2ccc(Br)cc2)cc1[N+](=O)[O-]. The second kappa shape index (κ2) is 7.50. The fourth-order valence-corrected chi connectivity index (χ4v) is 2.03. The molecule has 0 aliphatic rings. The van der Waals surface area contributed by atoms with E-state index in [1.165, 1.54) is 25.5 Å². The van der Waals surface area contributed by atoms with E-state index in [2.05, 4.69) is 26.5 Å². The quantitative estimate of drug-likeness (QED) is 0.491. The summed E-state index contributed by atoms with van der Waals surface area (Å²) in [5, 5.41) is 14.7. The fourth-order valence-electron chi connectivity index (χ4n) is 1.76. The molecule has 0 radical (unpaired) electrons. The van der Waals surface area contributed by atoms with Crippen molar-refractivity contribution in [1.29, 1.82) is 0 Å². The number of hydrazone groups is 1. The Balaban J connectivity index is 2.08. The maximum atomic E-state index is 11.9. The molecule has 8 heteroatoms. The number of amides is 1. The number of benzene rings is 2. The number of rotatable bonds is 5. The zero-order chi connectivity index (χ0) is 16.8. The number of carbonyl (C=O) groups excluding carboxylic acids is 1. The molecule has 0 spiro atoms. The molecule has 7 nitrogen and oxygen atoms in total. The van der Waals surface area contributed by atoms with E-state index < -0.39 is 4.92 Å². The van der Waals surface area contributed by atoms with Crippen molar-refractivity contribution in [2.75, 3.05) is 7.11 Å². The molecule has 0 fully saturated rings. The molecular weight excluding hydrogens is 366 g/mol. The molecule has 2 aromatic carbocycles. The van der Waals surface area contributed by atoms with E-state index in [4.69, 9.17) is 4.74 Å². The van der Waals surface area contributed by atoms with Crippen molar-refractivity contribution in [1.82, 2.24) is 5.43 Å². The molecule has 0 heterocycles. The average molecular weight is 378 g/mol. The van der Waals surface area contributed by atoms with Gasteiger partial charge < -0.3 is 4.74 Å². The number of nitro benzene ring substituents is 1. The summed E-state index contributed by atoms with van der Waals surface area (Å²) in [6.07, 6.45) is 1.32. The van der Waals surface area contributed by atoms with E-state index >= 15 is 0 Å². The highest BCUT2D eigenvalue weighted by atomic mass is 79.9. The molecular formula is C15H12BrN3O4. The molecule has 0 unspecified atom stereocenters. The van der Waals surface area contributed by atoms with Crippen LogP contribution in [0.2, 0.25) is 0 Å². The predicted molar refractivity (Wildman–Crippen MR) is 88.9 cm³/mol.